The molecule has 2 heterocycles. The van der Waals surface area contributed by atoms with E-state index >= 15 is 0 Å². The Balaban J connectivity index is 1.12. The number of H-pyrrole nitrogens is 1. The minimum Gasteiger partial charge on any atom is -0.368 e. The molecule has 41 heavy (non-hydrogen) atoms. The van der Waals surface area contributed by atoms with Crippen molar-refractivity contribution in [2.24, 2.45) is 5.73 Å². The van der Waals surface area contributed by atoms with Crippen molar-refractivity contribution in [3.8, 4) is 0 Å². The van der Waals surface area contributed by atoms with Gasteiger partial charge in [-0.05, 0) is 79.0 Å². The Morgan fingerprint density at radius 1 is 0.976 bits per heavy atom. The molecule has 1 aliphatic heterocycles. The van der Waals surface area contributed by atoms with Crippen molar-refractivity contribution in [1.82, 2.24) is 9.88 Å². The number of aromatic nitrogens is 1. The lowest BCUT2D eigenvalue weighted by Crippen LogP contribution is -2.48. The molecule has 0 bridgehead atoms. The number of aryl methyl sites for hydroxylation is 1. The van der Waals surface area contributed by atoms with Gasteiger partial charge in [-0.1, -0.05) is 6.07 Å². The highest BCUT2D eigenvalue weighted by Gasteiger charge is 2.22. The summed E-state index contributed by atoms with van der Waals surface area (Å²) in [6, 6.07) is 18.0. The Bertz CT molecular complexity index is 1640. The molecule has 12 heteroatoms. The Morgan fingerprint density at radius 2 is 1.68 bits per heavy atom. The van der Waals surface area contributed by atoms with Crippen LogP contribution in [0.2, 0.25) is 0 Å². The van der Waals surface area contributed by atoms with E-state index in [-0.39, 0.29) is 16.5 Å². The van der Waals surface area contributed by atoms with Crippen molar-refractivity contribution in [2.45, 2.75) is 24.2 Å². The van der Waals surface area contributed by atoms with Crippen molar-refractivity contribution in [3.63, 3.8) is 0 Å². The first-order chi connectivity index (χ1) is 19.7. The monoisotopic (exact) mass is 576 g/mol. The highest BCUT2D eigenvalue weighted by Crippen LogP contribution is 2.24. The SMILES string of the molecule is NCCc1c[nH]c2ccc(CCC(=O)N3CCN(c4ccc(NS(=O)(=O)c5ccc([N+](=O)[O-])cc5)cc4)CC3)cc12. The van der Waals surface area contributed by atoms with Crippen LogP contribution in [-0.2, 0) is 27.7 Å². The number of nitro benzene ring substituents is 1. The van der Waals surface area contributed by atoms with Crippen molar-refractivity contribution >= 4 is 43.9 Å². The third kappa shape index (κ3) is 6.50. The number of benzene rings is 3. The predicted molar refractivity (Wildman–Crippen MR) is 159 cm³/mol. The molecule has 1 fully saturated rings. The number of nitrogens with two attached hydrogens (primary N) is 1. The lowest BCUT2D eigenvalue weighted by molar-refractivity contribution is -0.384. The number of rotatable bonds is 10. The fraction of sp³-hybridized carbons (Fsp3) is 0.276. The Hall–Kier alpha value is -4.42. The van der Waals surface area contributed by atoms with Gasteiger partial charge in [0.25, 0.3) is 15.7 Å². The maximum atomic E-state index is 12.9. The van der Waals surface area contributed by atoms with Gasteiger partial charge in [0.2, 0.25) is 5.91 Å². The largest absolute Gasteiger partial charge is 0.368 e. The topological polar surface area (TPSA) is 155 Å². The van der Waals surface area contributed by atoms with Gasteiger partial charge in [0.1, 0.15) is 0 Å². The van der Waals surface area contributed by atoms with E-state index in [0.717, 1.165) is 35.3 Å². The van der Waals surface area contributed by atoms with Gasteiger partial charge in [0.15, 0.2) is 0 Å². The van der Waals surface area contributed by atoms with Crippen LogP contribution in [0.25, 0.3) is 10.9 Å². The molecule has 3 aromatic carbocycles. The first-order valence-electron chi connectivity index (χ1n) is 13.4. The molecule has 4 N–H and O–H groups in total. The number of piperazine rings is 1. The van der Waals surface area contributed by atoms with E-state index < -0.39 is 14.9 Å². The van der Waals surface area contributed by atoms with Gasteiger partial charge in [-0.2, -0.15) is 0 Å². The zero-order valence-electron chi connectivity index (χ0n) is 22.5. The molecule has 214 valence electrons. The third-order valence-corrected chi connectivity index (χ3v) is 8.75. The summed E-state index contributed by atoms with van der Waals surface area (Å²) >= 11 is 0. The average Bonchev–Trinajstić information content (AvgIpc) is 3.38. The standard InChI is InChI=1S/C29H32N6O5S/c30-14-13-22-20-31-28-11-1-21(19-27(22)28)2-12-29(36)34-17-15-33(16-18-34)24-5-3-23(4-6-24)32-41(39,40)26-9-7-25(8-10-26)35(37)38/h1,3-11,19-20,31-32H,2,12-18,30H2. The van der Waals surface area contributed by atoms with Gasteiger partial charge in [-0.15, -0.1) is 0 Å². The van der Waals surface area contributed by atoms with Gasteiger partial charge >= 0.3 is 0 Å². The lowest BCUT2D eigenvalue weighted by atomic mass is 10.0. The minimum absolute atomic E-state index is 0.0608. The number of non-ortho nitro benzene ring substituents is 1. The number of sulfonamides is 1. The van der Waals surface area contributed by atoms with Crippen LogP contribution in [0.4, 0.5) is 17.1 Å². The molecule has 4 aromatic rings. The number of nitro groups is 1. The molecule has 0 spiro atoms. The van der Waals surface area contributed by atoms with E-state index in [2.05, 4.69) is 32.8 Å². The fourth-order valence-electron chi connectivity index (χ4n) is 5.07. The van der Waals surface area contributed by atoms with E-state index in [1.807, 2.05) is 23.2 Å². The quantitative estimate of drug-likeness (QED) is 0.192. The zero-order chi connectivity index (χ0) is 29.0. The third-order valence-electron chi connectivity index (χ3n) is 7.35. The summed E-state index contributed by atoms with van der Waals surface area (Å²) in [7, 11) is -3.89. The highest BCUT2D eigenvalue weighted by atomic mass is 32.2. The summed E-state index contributed by atoms with van der Waals surface area (Å²) in [6.07, 6.45) is 3.94. The smallest absolute Gasteiger partial charge is 0.269 e. The van der Waals surface area contributed by atoms with Crippen molar-refractivity contribution in [3.05, 3.63) is 94.2 Å². The van der Waals surface area contributed by atoms with E-state index in [1.54, 1.807) is 12.1 Å². The van der Waals surface area contributed by atoms with Crippen molar-refractivity contribution < 1.29 is 18.1 Å². The Morgan fingerprint density at radius 3 is 2.34 bits per heavy atom. The molecule has 1 saturated heterocycles. The number of carbonyl (C=O) groups excluding carboxylic acids is 1. The van der Waals surface area contributed by atoms with Crippen LogP contribution in [0.1, 0.15) is 17.5 Å². The van der Waals surface area contributed by atoms with Crippen LogP contribution in [0, 0.1) is 10.1 Å². The second kappa shape index (κ2) is 12.0. The number of nitrogens with one attached hydrogen (secondary N) is 2. The van der Waals surface area contributed by atoms with Crippen molar-refractivity contribution in [2.75, 3.05) is 42.3 Å². The number of hydrogen-bond acceptors (Lipinski definition) is 7. The molecule has 11 nitrogen and oxygen atoms in total. The second-order valence-corrected chi connectivity index (χ2v) is 11.7. The van der Waals surface area contributed by atoms with Crippen LogP contribution in [0.5, 0.6) is 0 Å². The highest BCUT2D eigenvalue weighted by molar-refractivity contribution is 7.92. The van der Waals surface area contributed by atoms with Crippen LogP contribution < -0.4 is 15.4 Å². The first-order valence-corrected chi connectivity index (χ1v) is 14.9. The van der Waals surface area contributed by atoms with Crippen LogP contribution in [-0.4, -0.2) is 61.9 Å². The second-order valence-electron chi connectivity index (χ2n) is 10.0. The van der Waals surface area contributed by atoms with Crippen LogP contribution in [0.15, 0.2) is 77.8 Å². The van der Waals surface area contributed by atoms with Crippen LogP contribution in [0.3, 0.4) is 0 Å². The lowest BCUT2D eigenvalue weighted by Gasteiger charge is -2.36. The molecule has 1 amide bonds. The van der Waals surface area contributed by atoms with E-state index in [1.165, 1.54) is 23.1 Å². The molecule has 1 aromatic heterocycles. The summed E-state index contributed by atoms with van der Waals surface area (Å²) in [4.78, 5) is 30.4. The van der Waals surface area contributed by atoms with Crippen LogP contribution >= 0.6 is 0 Å². The van der Waals surface area contributed by atoms with E-state index in [0.29, 0.717) is 51.3 Å². The maximum absolute atomic E-state index is 12.9. The van der Waals surface area contributed by atoms with E-state index in [9.17, 15) is 23.3 Å². The zero-order valence-corrected chi connectivity index (χ0v) is 23.3. The number of anilines is 2. The average molecular weight is 577 g/mol. The summed E-state index contributed by atoms with van der Waals surface area (Å²) < 4.78 is 27.8. The number of amides is 1. The van der Waals surface area contributed by atoms with Gasteiger partial charge in [-0.25, -0.2) is 8.42 Å². The van der Waals surface area contributed by atoms with Gasteiger partial charge in [0, 0.05) is 73.2 Å². The van der Waals surface area contributed by atoms with Gasteiger partial charge in [-0.3, -0.25) is 19.6 Å². The van der Waals surface area contributed by atoms with Gasteiger partial charge in [0.05, 0.1) is 9.82 Å². The molecule has 0 unspecified atom stereocenters. The number of carbonyl (C=O) groups is 1. The van der Waals surface area contributed by atoms with Gasteiger partial charge < -0.3 is 20.5 Å². The number of aromatic amines is 1. The minimum atomic E-state index is -3.89. The Labute approximate surface area is 238 Å². The molecule has 0 aliphatic carbocycles. The molecular weight excluding hydrogens is 544 g/mol. The molecular formula is C29H32N6O5S. The molecule has 0 atom stereocenters. The summed E-state index contributed by atoms with van der Waals surface area (Å²) in [5, 5.41) is 12.0. The summed E-state index contributed by atoms with van der Waals surface area (Å²) in [5.74, 6) is 0.136. The summed E-state index contributed by atoms with van der Waals surface area (Å²) in [5.41, 5.74) is 10.3. The normalized spacial score (nSPS) is 13.9. The fourth-order valence-corrected chi connectivity index (χ4v) is 6.13. The van der Waals surface area contributed by atoms with Crippen molar-refractivity contribution in [1.29, 1.82) is 0 Å². The molecule has 1 aliphatic rings. The first kappa shape index (κ1) is 28.1. The Kier molecular flexibility index (Phi) is 8.22. The maximum Gasteiger partial charge on any atom is 0.269 e. The number of hydrogen-bond donors (Lipinski definition) is 3. The number of fused-ring (bicyclic) bond motifs is 1. The number of nitrogens with zero attached hydrogens (tertiary/aromatic N) is 3. The molecule has 5 rings (SSSR count). The molecule has 0 radical (unpaired) electrons. The van der Waals surface area contributed by atoms with E-state index in [4.69, 9.17) is 5.73 Å². The molecule has 0 saturated carbocycles. The summed E-state index contributed by atoms with van der Waals surface area (Å²) in [6.45, 7) is 3.18. The predicted octanol–water partition coefficient (Wildman–Crippen LogP) is 3.66.